The van der Waals surface area contributed by atoms with Crippen LogP contribution < -0.4 is 5.73 Å². The Labute approximate surface area is 113 Å². The number of hydrogen-bond donors (Lipinski definition) is 1. The van der Waals surface area contributed by atoms with Gasteiger partial charge in [0.1, 0.15) is 17.4 Å². The monoisotopic (exact) mass is 266 g/mol. The third kappa shape index (κ3) is 2.51. The SMILES string of the molecule is NC(=NN=Cc1nc2ccccc2o1)c1cnccn1. The molecule has 98 valence electrons. The number of oxazole rings is 1. The van der Waals surface area contributed by atoms with Crippen LogP contribution in [0.25, 0.3) is 11.1 Å². The lowest BCUT2D eigenvalue weighted by Crippen LogP contribution is -2.14. The maximum atomic E-state index is 5.72. The molecule has 0 atom stereocenters. The summed E-state index contributed by atoms with van der Waals surface area (Å²) in [6, 6.07) is 7.44. The summed E-state index contributed by atoms with van der Waals surface area (Å²) >= 11 is 0. The van der Waals surface area contributed by atoms with Crippen LogP contribution in [-0.2, 0) is 0 Å². The van der Waals surface area contributed by atoms with E-state index in [1.807, 2.05) is 24.3 Å². The van der Waals surface area contributed by atoms with E-state index in [1.54, 1.807) is 6.20 Å². The number of aromatic nitrogens is 3. The van der Waals surface area contributed by atoms with Gasteiger partial charge in [-0.25, -0.2) is 9.97 Å². The first kappa shape index (κ1) is 12.0. The van der Waals surface area contributed by atoms with E-state index in [0.717, 1.165) is 5.52 Å². The van der Waals surface area contributed by atoms with E-state index in [2.05, 4.69) is 25.2 Å². The predicted octanol–water partition coefficient (Wildman–Crippen LogP) is 1.36. The molecular formula is C13H10N6O. The molecule has 0 aliphatic carbocycles. The van der Waals surface area contributed by atoms with E-state index >= 15 is 0 Å². The molecule has 2 aromatic heterocycles. The normalized spacial score (nSPS) is 12.3. The molecule has 7 nitrogen and oxygen atoms in total. The molecule has 2 heterocycles. The van der Waals surface area contributed by atoms with Gasteiger partial charge in [0.05, 0.1) is 6.20 Å². The van der Waals surface area contributed by atoms with Crippen LogP contribution in [0, 0.1) is 0 Å². The fourth-order valence-electron chi connectivity index (χ4n) is 1.57. The predicted molar refractivity (Wildman–Crippen MR) is 74.4 cm³/mol. The molecule has 3 aromatic rings. The number of rotatable bonds is 3. The molecular weight excluding hydrogens is 256 g/mol. The van der Waals surface area contributed by atoms with Crippen molar-refractivity contribution in [2.24, 2.45) is 15.9 Å². The van der Waals surface area contributed by atoms with Gasteiger partial charge in [-0.1, -0.05) is 12.1 Å². The van der Waals surface area contributed by atoms with Crippen molar-refractivity contribution in [1.82, 2.24) is 15.0 Å². The Morgan fingerprint density at radius 1 is 1.25 bits per heavy atom. The highest BCUT2D eigenvalue weighted by Gasteiger charge is 2.02. The highest BCUT2D eigenvalue weighted by Crippen LogP contribution is 2.13. The first-order valence-electron chi connectivity index (χ1n) is 5.81. The first-order valence-corrected chi connectivity index (χ1v) is 5.81. The van der Waals surface area contributed by atoms with E-state index in [9.17, 15) is 0 Å². The molecule has 20 heavy (non-hydrogen) atoms. The molecule has 7 heteroatoms. The molecule has 2 N–H and O–H groups in total. The quantitative estimate of drug-likeness (QED) is 0.438. The maximum Gasteiger partial charge on any atom is 0.240 e. The zero-order valence-electron chi connectivity index (χ0n) is 10.3. The molecule has 0 aliphatic heterocycles. The number of benzene rings is 1. The van der Waals surface area contributed by atoms with E-state index < -0.39 is 0 Å². The molecule has 0 aliphatic rings. The summed E-state index contributed by atoms with van der Waals surface area (Å²) in [7, 11) is 0. The molecule has 0 saturated heterocycles. The van der Waals surface area contributed by atoms with Crippen molar-refractivity contribution in [3.05, 3.63) is 54.4 Å². The molecule has 1 aromatic carbocycles. The van der Waals surface area contributed by atoms with Crippen molar-refractivity contribution >= 4 is 23.1 Å². The molecule has 0 unspecified atom stereocenters. The fraction of sp³-hybridized carbons (Fsp3) is 0. The minimum Gasteiger partial charge on any atom is -0.435 e. The van der Waals surface area contributed by atoms with Gasteiger partial charge in [0.25, 0.3) is 0 Å². The Balaban J connectivity index is 1.80. The smallest absolute Gasteiger partial charge is 0.240 e. The largest absolute Gasteiger partial charge is 0.435 e. The lowest BCUT2D eigenvalue weighted by atomic mass is 10.3. The number of amidine groups is 1. The Morgan fingerprint density at radius 2 is 2.15 bits per heavy atom. The maximum absolute atomic E-state index is 5.72. The van der Waals surface area contributed by atoms with E-state index in [0.29, 0.717) is 17.2 Å². The van der Waals surface area contributed by atoms with Crippen molar-refractivity contribution in [1.29, 1.82) is 0 Å². The van der Waals surface area contributed by atoms with Crippen LogP contribution in [0.15, 0.2) is 57.5 Å². The lowest BCUT2D eigenvalue weighted by molar-refractivity contribution is 0.593. The zero-order valence-corrected chi connectivity index (χ0v) is 10.3. The number of nitrogens with zero attached hydrogens (tertiary/aromatic N) is 5. The van der Waals surface area contributed by atoms with Crippen LogP contribution in [-0.4, -0.2) is 27.0 Å². The second-order valence-corrected chi connectivity index (χ2v) is 3.84. The Bertz CT molecular complexity index is 745. The second-order valence-electron chi connectivity index (χ2n) is 3.84. The molecule has 0 saturated carbocycles. The molecule has 0 spiro atoms. The summed E-state index contributed by atoms with van der Waals surface area (Å²) in [5, 5.41) is 7.65. The molecule has 0 fully saturated rings. The van der Waals surface area contributed by atoms with E-state index in [-0.39, 0.29) is 5.84 Å². The second kappa shape index (κ2) is 5.27. The van der Waals surface area contributed by atoms with Gasteiger partial charge in [-0.3, -0.25) is 4.98 Å². The Hall–Kier alpha value is -3.09. The van der Waals surface area contributed by atoms with Gasteiger partial charge in [0.15, 0.2) is 11.4 Å². The van der Waals surface area contributed by atoms with Crippen molar-refractivity contribution in [2.45, 2.75) is 0 Å². The minimum absolute atomic E-state index is 0.172. The topological polar surface area (TPSA) is 103 Å². The number of hydrogen-bond acceptors (Lipinski definition) is 6. The number of fused-ring (bicyclic) bond motifs is 1. The summed E-state index contributed by atoms with van der Waals surface area (Å²) in [6.45, 7) is 0. The molecule has 3 rings (SSSR count). The number of nitrogens with two attached hydrogens (primary N) is 1. The van der Waals surface area contributed by atoms with Crippen LogP contribution in [0.3, 0.4) is 0 Å². The molecule has 0 bridgehead atoms. The summed E-state index contributed by atoms with van der Waals surface area (Å²) < 4.78 is 5.46. The van der Waals surface area contributed by atoms with Crippen LogP contribution in [0.5, 0.6) is 0 Å². The van der Waals surface area contributed by atoms with Crippen molar-refractivity contribution in [2.75, 3.05) is 0 Å². The standard InChI is InChI=1S/C13H10N6O/c14-13(10-7-15-5-6-16-10)19-17-8-12-18-9-3-1-2-4-11(9)20-12/h1-8H,(H2,14,19). The average molecular weight is 266 g/mol. The van der Waals surface area contributed by atoms with Gasteiger partial charge in [-0.05, 0) is 12.1 Å². The fourth-order valence-corrected chi connectivity index (χ4v) is 1.57. The van der Waals surface area contributed by atoms with Gasteiger partial charge < -0.3 is 10.2 Å². The Morgan fingerprint density at radius 3 is 2.95 bits per heavy atom. The van der Waals surface area contributed by atoms with E-state index in [1.165, 1.54) is 18.6 Å². The van der Waals surface area contributed by atoms with Crippen LogP contribution in [0.1, 0.15) is 11.6 Å². The first-order chi connectivity index (χ1) is 9.83. The number of para-hydroxylation sites is 2. The van der Waals surface area contributed by atoms with Crippen molar-refractivity contribution in [3.8, 4) is 0 Å². The van der Waals surface area contributed by atoms with Gasteiger partial charge in [0, 0.05) is 12.4 Å². The van der Waals surface area contributed by atoms with Gasteiger partial charge >= 0.3 is 0 Å². The van der Waals surface area contributed by atoms with Crippen molar-refractivity contribution in [3.63, 3.8) is 0 Å². The summed E-state index contributed by atoms with van der Waals surface area (Å²) in [6.07, 6.45) is 5.98. The van der Waals surface area contributed by atoms with Gasteiger partial charge in [-0.2, -0.15) is 5.10 Å². The average Bonchev–Trinajstić information content (AvgIpc) is 2.90. The highest BCUT2D eigenvalue weighted by atomic mass is 16.3. The van der Waals surface area contributed by atoms with Crippen LogP contribution in [0.2, 0.25) is 0 Å². The zero-order chi connectivity index (χ0) is 13.8. The Kier molecular flexibility index (Phi) is 3.15. The van der Waals surface area contributed by atoms with Gasteiger partial charge in [-0.15, -0.1) is 5.10 Å². The highest BCUT2D eigenvalue weighted by molar-refractivity contribution is 5.95. The summed E-state index contributed by atoms with van der Waals surface area (Å²) in [5.74, 6) is 0.535. The molecule has 0 radical (unpaired) electrons. The van der Waals surface area contributed by atoms with Crippen molar-refractivity contribution < 1.29 is 4.42 Å². The van der Waals surface area contributed by atoms with Crippen LogP contribution in [0.4, 0.5) is 0 Å². The summed E-state index contributed by atoms with van der Waals surface area (Å²) in [5.41, 5.74) is 7.64. The summed E-state index contributed by atoms with van der Waals surface area (Å²) in [4.78, 5) is 12.1. The minimum atomic E-state index is 0.172. The third-order valence-electron chi connectivity index (χ3n) is 2.47. The third-order valence-corrected chi connectivity index (χ3v) is 2.47. The van der Waals surface area contributed by atoms with Crippen LogP contribution >= 0.6 is 0 Å². The van der Waals surface area contributed by atoms with Gasteiger partial charge in [0.2, 0.25) is 5.89 Å². The molecule has 0 amide bonds. The lowest BCUT2D eigenvalue weighted by Gasteiger charge is -1.94. The van der Waals surface area contributed by atoms with E-state index in [4.69, 9.17) is 10.2 Å².